The lowest BCUT2D eigenvalue weighted by molar-refractivity contribution is 0.666. The maximum atomic E-state index is 6.88. The van der Waals surface area contributed by atoms with Crippen LogP contribution < -0.4 is 0 Å². The van der Waals surface area contributed by atoms with Crippen LogP contribution in [0.25, 0.3) is 105 Å². The minimum Gasteiger partial charge on any atom is -0.454 e. The number of furan rings is 1. The van der Waals surface area contributed by atoms with Crippen LogP contribution in [0.5, 0.6) is 0 Å². The van der Waals surface area contributed by atoms with Gasteiger partial charge in [-0.1, -0.05) is 140 Å². The van der Waals surface area contributed by atoms with Gasteiger partial charge in [-0.05, 0) is 51.9 Å². The van der Waals surface area contributed by atoms with E-state index >= 15 is 0 Å². The van der Waals surface area contributed by atoms with E-state index in [-0.39, 0.29) is 0 Å². The molecule has 0 amide bonds. The molecular formula is C47H28N4O. The van der Waals surface area contributed by atoms with Gasteiger partial charge in [0, 0.05) is 38.2 Å². The average molecular weight is 665 g/mol. The summed E-state index contributed by atoms with van der Waals surface area (Å²) < 4.78 is 9.25. The number of nitrogens with zero attached hydrogens (tertiary/aromatic N) is 4. The van der Waals surface area contributed by atoms with Crippen molar-refractivity contribution in [3.05, 3.63) is 170 Å². The second-order valence-electron chi connectivity index (χ2n) is 13.2. The lowest BCUT2D eigenvalue weighted by Crippen LogP contribution is -2.00. The molecule has 0 saturated carbocycles. The van der Waals surface area contributed by atoms with Crippen molar-refractivity contribution in [2.45, 2.75) is 0 Å². The van der Waals surface area contributed by atoms with Gasteiger partial charge in [-0.15, -0.1) is 0 Å². The summed E-state index contributed by atoms with van der Waals surface area (Å²) in [5, 5.41) is 9.52. The highest BCUT2D eigenvalue weighted by atomic mass is 16.3. The van der Waals surface area contributed by atoms with E-state index in [4.69, 9.17) is 19.4 Å². The second-order valence-corrected chi connectivity index (χ2v) is 13.2. The zero-order valence-electron chi connectivity index (χ0n) is 27.9. The van der Waals surface area contributed by atoms with Gasteiger partial charge in [-0.25, -0.2) is 15.0 Å². The lowest BCUT2D eigenvalue weighted by Gasteiger charge is -2.09. The normalized spacial score (nSPS) is 11.8. The van der Waals surface area contributed by atoms with E-state index < -0.39 is 0 Å². The van der Waals surface area contributed by atoms with E-state index in [2.05, 4.69) is 114 Å². The van der Waals surface area contributed by atoms with Crippen molar-refractivity contribution in [1.82, 2.24) is 19.5 Å². The highest BCUT2D eigenvalue weighted by molar-refractivity contribution is 6.29. The van der Waals surface area contributed by atoms with E-state index in [1.165, 1.54) is 32.3 Å². The van der Waals surface area contributed by atoms with Crippen LogP contribution in [0.2, 0.25) is 0 Å². The molecule has 5 heteroatoms. The molecule has 3 heterocycles. The Labute approximate surface area is 298 Å². The van der Waals surface area contributed by atoms with Gasteiger partial charge in [0.05, 0.1) is 16.7 Å². The predicted molar refractivity (Wildman–Crippen MR) is 213 cm³/mol. The van der Waals surface area contributed by atoms with Crippen LogP contribution in [-0.4, -0.2) is 19.5 Å². The fraction of sp³-hybridized carbons (Fsp3) is 0. The molecule has 8 aromatic carbocycles. The zero-order valence-corrected chi connectivity index (χ0v) is 27.9. The van der Waals surface area contributed by atoms with Crippen LogP contribution in [-0.2, 0) is 0 Å². The van der Waals surface area contributed by atoms with Crippen molar-refractivity contribution in [3.8, 4) is 39.9 Å². The molecule has 0 spiro atoms. The molecule has 0 saturated heterocycles. The summed E-state index contributed by atoms with van der Waals surface area (Å²) in [5.74, 6) is 1.85. The van der Waals surface area contributed by atoms with E-state index in [1.54, 1.807) is 0 Å². The fourth-order valence-corrected chi connectivity index (χ4v) is 7.84. The molecule has 0 atom stereocenters. The number of para-hydroxylation sites is 1. The molecule has 52 heavy (non-hydrogen) atoms. The van der Waals surface area contributed by atoms with E-state index in [1.807, 2.05) is 60.7 Å². The van der Waals surface area contributed by atoms with Gasteiger partial charge in [0.1, 0.15) is 5.58 Å². The van der Waals surface area contributed by atoms with E-state index in [9.17, 15) is 0 Å². The number of hydrogen-bond acceptors (Lipinski definition) is 4. The molecule has 0 N–H and O–H groups in total. The third-order valence-electron chi connectivity index (χ3n) is 10.2. The van der Waals surface area contributed by atoms with Crippen molar-refractivity contribution >= 4 is 65.3 Å². The van der Waals surface area contributed by atoms with Crippen molar-refractivity contribution in [1.29, 1.82) is 0 Å². The van der Waals surface area contributed by atoms with Gasteiger partial charge in [0.25, 0.3) is 0 Å². The Morgan fingerprint density at radius 2 is 0.904 bits per heavy atom. The molecule has 0 unspecified atom stereocenters. The molecule has 0 bridgehead atoms. The minimum absolute atomic E-state index is 0.594. The van der Waals surface area contributed by atoms with Crippen molar-refractivity contribution in [2.24, 2.45) is 0 Å². The Balaban J connectivity index is 1.15. The van der Waals surface area contributed by atoms with E-state index in [0.29, 0.717) is 17.5 Å². The lowest BCUT2D eigenvalue weighted by atomic mass is 10.00. The minimum atomic E-state index is 0.594. The largest absolute Gasteiger partial charge is 0.454 e. The zero-order chi connectivity index (χ0) is 34.2. The Morgan fingerprint density at radius 1 is 0.385 bits per heavy atom. The van der Waals surface area contributed by atoms with Crippen LogP contribution in [0.15, 0.2) is 174 Å². The fourth-order valence-electron chi connectivity index (χ4n) is 7.84. The molecule has 11 rings (SSSR count). The summed E-state index contributed by atoms with van der Waals surface area (Å²) in [4.78, 5) is 14.8. The van der Waals surface area contributed by atoms with Crippen LogP contribution >= 0.6 is 0 Å². The van der Waals surface area contributed by atoms with Crippen molar-refractivity contribution in [2.75, 3.05) is 0 Å². The SMILES string of the molecule is c1ccc(-c2nc(-c3ccccc3)nc(-c3ccc4c(c3)oc3c(-n5c6ccc7ccccc7c6c6c7ccccc7ccc65)cccc34)n2)cc1. The number of benzene rings is 8. The van der Waals surface area contributed by atoms with Gasteiger partial charge in [0.2, 0.25) is 0 Å². The number of fused-ring (bicyclic) bond motifs is 10. The third-order valence-corrected chi connectivity index (χ3v) is 10.2. The summed E-state index contributed by atoms with van der Waals surface area (Å²) >= 11 is 0. The Morgan fingerprint density at radius 3 is 1.50 bits per heavy atom. The Bertz CT molecular complexity index is 3030. The van der Waals surface area contributed by atoms with Gasteiger partial charge >= 0.3 is 0 Å². The molecule has 242 valence electrons. The molecule has 0 aliphatic rings. The van der Waals surface area contributed by atoms with E-state index in [0.717, 1.165) is 55.3 Å². The summed E-state index contributed by atoms with van der Waals surface area (Å²) in [6.07, 6.45) is 0. The molecule has 0 radical (unpaired) electrons. The van der Waals surface area contributed by atoms with Crippen LogP contribution in [0, 0.1) is 0 Å². The summed E-state index contributed by atoms with van der Waals surface area (Å²) in [7, 11) is 0. The maximum Gasteiger partial charge on any atom is 0.164 e. The van der Waals surface area contributed by atoms with Crippen LogP contribution in [0.3, 0.4) is 0 Å². The van der Waals surface area contributed by atoms with Crippen molar-refractivity contribution < 1.29 is 4.42 Å². The van der Waals surface area contributed by atoms with Gasteiger partial charge in [-0.2, -0.15) is 0 Å². The molecule has 3 aromatic heterocycles. The third kappa shape index (κ3) is 4.33. The maximum absolute atomic E-state index is 6.88. The smallest absolute Gasteiger partial charge is 0.164 e. The highest BCUT2D eigenvalue weighted by Gasteiger charge is 2.21. The summed E-state index contributed by atoms with van der Waals surface area (Å²) in [6, 6.07) is 59.1. The molecule has 5 nitrogen and oxygen atoms in total. The first kappa shape index (κ1) is 28.7. The Kier molecular flexibility index (Phi) is 6.18. The van der Waals surface area contributed by atoms with Gasteiger partial charge < -0.3 is 8.98 Å². The number of hydrogen-bond donors (Lipinski definition) is 0. The summed E-state index contributed by atoms with van der Waals surface area (Å²) in [6.45, 7) is 0. The first-order chi connectivity index (χ1) is 25.8. The first-order valence-electron chi connectivity index (χ1n) is 17.5. The van der Waals surface area contributed by atoms with Gasteiger partial charge in [-0.3, -0.25) is 0 Å². The highest BCUT2D eigenvalue weighted by Crippen LogP contribution is 2.43. The molecular weight excluding hydrogens is 637 g/mol. The predicted octanol–water partition coefficient (Wildman–Crippen LogP) is 12.2. The molecule has 0 aliphatic carbocycles. The van der Waals surface area contributed by atoms with Gasteiger partial charge in [0.15, 0.2) is 23.1 Å². The molecule has 0 fully saturated rings. The van der Waals surface area contributed by atoms with Crippen molar-refractivity contribution in [3.63, 3.8) is 0 Å². The summed E-state index contributed by atoms with van der Waals surface area (Å²) in [5.41, 5.74) is 7.63. The quantitative estimate of drug-likeness (QED) is 0.188. The monoisotopic (exact) mass is 664 g/mol. The van der Waals surface area contributed by atoms with Crippen LogP contribution in [0.1, 0.15) is 0 Å². The average Bonchev–Trinajstić information content (AvgIpc) is 3.77. The standard InChI is InChI=1S/C47H28N4O/c1-3-14-31(15-4-1)45-48-46(32-16-5-2-6-17-32)50-47(49-45)33-22-25-36-37-20-11-21-40(44(37)52-41(36)28-33)51-38-26-23-29-12-7-9-18-34(29)42(38)43-35-19-10-8-13-30(35)24-27-39(43)51/h1-28H. The first-order valence-corrected chi connectivity index (χ1v) is 17.5. The number of aromatic nitrogens is 4. The number of rotatable bonds is 4. The van der Waals surface area contributed by atoms with Crippen LogP contribution in [0.4, 0.5) is 0 Å². The second kappa shape index (κ2) is 11.2. The Hall–Kier alpha value is -7.11. The molecule has 0 aliphatic heterocycles. The molecule has 11 aromatic rings. The topological polar surface area (TPSA) is 56.7 Å².